The van der Waals surface area contributed by atoms with E-state index in [2.05, 4.69) is 16.8 Å². The van der Waals surface area contributed by atoms with Crippen molar-refractivity contribution in [2.75, 3.05) is 11.9 Å². The van der Waals surface area contributed by atoms with E-state index in [0.717, 1.165) is 11.4 Å². The summed E-state index contributed by atoms with van der Waals surface area (Å²) in [5.74, 6) is 0.999. The second-order valence-electron chi connectivity index (χ2n) is 2.98. The zero-order valence-corrected chi connectivity index (χ0v) is 7.20. The van der Waals surface area contributed by atoms with Crippen molar-refractivity contribution in [3.63, 3.8) is 0 Å². The summed E-state index contributed by atoms with van der Waals surface area (Å²) in [7, 11) is 1.97. The van der Waals surface area contributed by atoms with Crippen molar-refractivity contribution in [3.05, 3.63) is 35.3 Å². The van der Waals surface area contributed by atoms with Gasteiger partial charge in [-0.15, -0.1) is 5.73 Å². The van der Waals surface area contributed by atoms with Crippen LogP contribution in [0.1, 0.15) is 11.1 Å². The Morgan fingerprint density at radius 3 is 3.17 bits per heavy atom. The maximum absolute atomic E-state index is 4.32. The molecule has 2 heterocycles. The second-order valence-corrected chi connectivity index (χ2v) is 2.98. The monoisotopic (exact) mass is 158 g/mol. The highest BCUT2D eigenvalue weighted by atomic mass is 15.1. The van der Waals surface area contributed by atoms with Gasteiger partial charge in [-0.25, -0.2) is 4.98 Å². The SMILES string of the molecule is Cc1cnc2c(c1)C=C=CN2C. The van der Waals surface area contributed by atoms with Crippen molar-refractivity contribution < 1.29 is 0 Å². The Morgan fingerprint density at radius 2 is 2.33 bits per heavy atom. The number of rotatable bonds is 0. The Bertz CT molecular complexity index is 373. The molecule has 0 spiro atoms. The van der Waals surface area contributed by atoms with E-state index in [1.165, 1.54) is 5.56 Å². The van der Waals surface area contributed by atoms with Gasteiger partial charge in [0.2, 0.25) is 0 Å². The largest absolute Gasteiger partial charge is 0.329 e. The maximum atomic E-state index is 4.32. The van der Waals surface area contributed by atoms with Crippen molar-refractivity contribution in [3.8, 4) is 0 Å². The van der Waals surface area contributed by atoms with Crippen molar-refractivity contribution in [2.45, 2.75) is 6.92 Å². The third-order valence-corrected chi connectivity index (χ3v) is 1.87. The molecular weight excluding hydrogens is 148 g/mol. The molecule has 1 aliphatic heterocycles. The summed E-state index contributed by atoms with van der Waals surface area (Å²) in [5, 5.41) is 0. The molecule has 2 rings (SSSR count). The van der Waals surface area contributed by atoms with Gasteiger partial charge >= 0.3 is 0 Å². The number of hydrogen-bond acceptors (Lipinski definition) is 2. The van der Waals surface area contributed by atoms with Crippen LogP contribution >= 0.6 is 0 Å². The van der Waals surface area contributed by atoms with Crippen LogP contribution in [-0.2, 0) is 0 Å². The van der Waals surface area contributed by atoms with Gasteiger partial charge in [0.15, 0.2) is 0 Å². The highest BCUT2D eigenvalue weighted by Crippen LogP contribution is 2.21. The highest BCUT2D eigenvalue weighted by molar-refractivity contribution is 5.67. The first-order valence-corrected chi connectivity index (χ1v) is 3.89. The minimum atomic E-state index is 0.999. The van der Waals surface area contributed by atoms with E-state index >= 15 is 0 Å². The third kappa shape index (κ3) is 1.03. The molecule has 0 saturated heterocycles. The molecule has 0 aromatic carbocycles. The minimum absolute atomic E-state index is 0.999. The molecule has 0 aliphatic carbocycles. The van der Waals surface area contributed by atoms with Crippen molar-refractivity contribution >= 4 is 11.9 Å². The first-order chi connectivity index (χ1) is 5.77. The summed E-state index contributed by atoms with van der Waals surface area (Å²) in [6.45, 7) is 2.04. The fraction of sp³-hybridized carbons (Fsp3) is 0.200. The average molecular weight is 158 g/mol. The Balaban J connectivity index is 2.63. The van der Waals surface area contributed by atoms with Gasteiger partial charge in [0.05, 0.1) is 0 Å². The number of hydrogen-bond donors (Lipinski definition) is 0. The molecular formula is C10H10N2. The fourth-order valence-corrected chi connectivity index (χ4v) is 1.29. The van der Waals surface area contributed by atoms with Crippen molar-refractivity contribution in [2.24, 2.45) is 0 Å². The van der Waals surface area contributed by atoms with Gasteiger partial charge in [-0.3, -0.25) is 0 Å². The van der Waals surface area contributed by atoms with Crippen LogP contribution in [0.25, 0.3) is 6.08 Å². The zero-order chi connectivity index (χ0) is 8.55. The average Bonchev–Trinajstić information content (AvgIpc) is 2.04. The van der Waals surface area contributed by atoms with Gasteiger partial charge in [0, 0.05) is 25.0 Å². The van der Waals surface area contributed by atoms with E-state index < -0.39 is 0 Å². The molecule has 0 bridgehead atoms. The minimum Gasteiger partial charge on any atom is -0.329 e. The van der Waals surface area contributed by atoms with Crippen LogP contribution in [0.15, 0.2) is 24.2 Å². The number of nitrogens with zero attached hydrogens (tertiary/aromatic N) is 2. The quantitative estimate of drug-likeness (QED) is 0.536. The molecule has 0 amide bonds. The van der Waals surface area contributed by atoms with Gasteiger partial charge in [-0.05, 0) is 24.6 Å². The van der Waals surface area contributed by atoms with Crippen LogP contribution in [-0.4, -0.2) is 12.0 Å². The molecule has 0 saturated carbocycles. The molecule has 1 aromatic heterocycles. The summed E-state index contributed by atoms with van der Waals surface area (Å²) in [4.78, 5) is 6.29. The van der Waals surface area contributed by atoms with Gasteiger partial charge < -0.3 is 4.90 Å². The molecule has 2 nitrogen and oxygen atoms in total. The van der Waals surface area contributed by atoms with Crippen LogP contribution in [0.5, 0.6) is 0 Å². The summed E-state index contributed by atoms with van der Waals surface area (Å²) >= 11 is 0. The van der Waals surface area contributed by atoms with Gasteiger partial charge in [-0.2, -0.15) is 0 Å². The van der Waals surface area contributed by atoms with E-state index in [-0.39, 0.29) is 0 Å². The first kappa shape index (κ1) is 7.14. The fourth-order valence-electron chi connectivity index (χ4n) is 1.29. The number of fused-ring (bicyclic) bond motifs is 1. The lowest BCUT2D eigenvalue weighted by atomic mass is 10.1. The summed E-state index contributed by atoms with van der Waals surface area (Å²) in [5.41, 5.74) is 5.38. The van der Waals surface area contributed by atoms with Gasteiger partial charge in [-0.1, -0.05) is 0 Å². The molecule has 0 N–H and O–H groups in total. The highest BCUT2D eigenvalue weighted by Gasteiger charge is 2.07. The second kappa shape index (κ2) is 2.50. The van der Waals surface area contributed by atoms with Crippen molar-refractivity contribution in [1.82, 2.24) is 4.98 Å². The molecule has 12 heavy (non-hydrogen) atoms. The summed E-state index contributed by atoms with van der Waals surface area (Å²) in [6.07, 6.45) is 5.71. The maximum Gasteiger partial charge on any atom is 0.140 e. The molecule has 60 valence electrons. The Kier molecular flexibility index (Phi) is 1.49. The number of pyridine rings is 1. The number of aromatic nitrogens is 1. The van der Waals surface area contributed by atoms with Crippen LogP contribution in [0.2, 0.25) is 0 Å². The molecule has 0 atom stereocenters. The molecule has 2 heteroatoms. The Labute approximate surface area is 71.9 Å². The first-order valence-electron chi connectivity index (χ1n) is 3.89. The molecule has 0 unspecified atom stereocenters. The number of aryl methyl sites for hydroxylation is 1. The number of anilines is 1. The van der Waals surface area contributed by atoms with E-state index in [4.69, 9.17) is 0 Å². The molecule has 0 fully saturated rings. The summed E-state index contributed by atoms with van der Waals surface area (Å²) in [6, 6.07) is 2.11. The summed E-state index contributed by atoms with van der Waals surface area (Å²) < 4.78 is 0. The van der Waals surface area contributed by atoms with Gasteiger partial charge in [0.25, 0.3) is 0 Å². The Hall–Kier alpha value is -1.53. The zero-order valence-electron chi connectivity index (χ0n) is 7.20. The van der Waals surface area contributed by atoms with Crippen molar-refractivity contribution in [1.29, 1.82) is 0 Å². The topological polar surface area (TPSA) is 16.1 Å². The van der Waals surface area contributed by atoms with E-state index in [0.29, 0.717) is 0 Å². The van der Waals surface area contributed by atoms with Crippen LogP contribution in [0, 0.1) is 6.92 Å². The van der Waals surface area contributed by atoms with E-state index in [1.54, 1.807) is 0 Å². The standard InChI is InChI=1S/C10H10N2/c1-8-6-9-4-3-5-12(2)10(9)11-7-8/h4-7H,1-2H3. The smallest absolute Gasteiger partial charge is 0.140 e. The predicted octanol–water partition coefficient (Wildman–Crippen LogP) is 1.97. The molecule has 1 aromatic rings. The molecule has 0 radical (unpaired) electrons. The van der Waals surface area contributed by atoms with E-state index in [1.807, 2.05) is 37.3 Å². The third-order valence-electron chi connectivity index (χ3n) is 1.87. The van der Waals surface area contributed by atoms with Crippen LogP contribution in [0.3, 0.4) is 0 Å². The predicted molar refractivity (Wildman–Crippen MR) is 49.9 cm³/mol. The Morgan fingerprint density at radius 1 is 1.50 bits per heavy atom. The lowest BCUT2D eigenvalue weighted by Gasteiger charge is -2.16. The lowest BCUT2D eigenvalue weighted by molar-refractivity contribution is 1.10. The lowest BCUT2D eigenvalue weighted by Crippen LogP contribution is -2.12. The molecule has 1 aliphatic rings. The van der Waals surface area contributed by atoms with Gasteiger partial charge in [0.1, 0.15) is 5.82 Å². The van der Waals surface area contributed by atoms with Crippen LogP contribution in [0.4, 0.5) is 5.82 Å². The normalized spacial score (nSPS) is 13.3. The van der Waals surface area contributed by atoms with E-state index in [9.17, 15) is 0 Å². The van der Waals surface area contributed by atoms with Crippen LogP contribution < -0.4 is 4.90 Å².